The molecule has 126 valence electrons. The summed E-state index contributed by atoms with van der Waals surface area (Å²) in [6.07, 6.45) is 2.38. The molecule has 0 bridgehead atoms. The van der Waals surface area contributed by atoms with Crippen molar-refractivity contribution >= 4 is 23.3 Å². The molecule has 1 fully saturated rings. The number of halogens is 1. The summed E-state index contributed by atoms with van der Waals surface area (Å²) in [6, 6.07) is 17.2. The van der Waals surface area contributed by atoms with Crippen LogP contribution in [0.1, 0.15) is 24.4 Å². The number of carbonyl (C=O) groups excluding carboxylic acids is 1. The lowest BCUT2D eigenvalue weighted by atomic mass is 10.1. The average Bonchev–Trinajstić information content (AvgIpc) is 3.12. The molecule has 0 radical (unpaired) electrons. The van der Waals surface area contributed by atoms with Crippen molar-refractivity contribution in [2.24, 2.45) is 0 Å². The molecule has 4 nitrogen and oxygen atoms in total. The van der Waals surface area contributed by atoms with E-state index in [9.17, 15) is 4.79 Å². The third-order valence-corrected chi connectivity index (χ3v) is 4.68. The van der Waals surface area contributed by atoms with Crippen molar-refractivity contribution in [2.45, 2.75) is 18.9 Å². The van der Waals surface area contributed by atoms with Crippen molar-refractivity contribution < 1.29 is 4.79 Å². The van der Waals surface area contributed by atoms with Crippen LogP contribution in [0.5, 0.6) is 0 Å². The molecule has 1 atom stereocenters. The first kappa shape index (κ1) is 16.8. The van der Waals surface area contributed by atoms with Gasteiger partial charge in [-0.3, -0.25) is 4.90 Å². The van der Waals surface area contributed by atoms with E-state index in [-0.39, 0.29) is 12.1 Å². The minimum atomic E-state index is -0.197. The summed E-state index contributed by atoms with van der Waals surface area (Å²) >= 11 is 6.39. The molecule has 0 aliphatic carbocycles. The molecule has 5 heteroatoms. The van der Waals surface area contributed by atoms with E-state index in [1.807, 2.05) is 54.6 Å². The summed E-state index contributed by atoms with van der Waals surface area (Å²) in [5.41, 5.74) is 1.85. The van der Waals surface area contributed by atoms with Gasteiger partial charge in [-0.25, -0.2) is 4.79 Å². The van der Waals surface area contributed by atoms with Crippen LogP contribution < -0.4 is 10.6 Å². The number of para-hydroxylation sites is 1. The first-order valence-corrected chi connectivity index (χ1v) is 8.70. The van der Waals surface area contributed by atoms with Crippen LogP contribution >= 0.6 is 11.6 Å². The number of hydrogen-bond acceptors (Lipinski definition) is 2. The predicted octanol–water partition coefficient (Wildman–Crippen LogP) is 4.30. The van der Waals surface area contributed by atoms with Gasteiger partial charge < -0.3 is 10.6 Å². The standard InChI is InChI=1S/C19H22ClN3O/c20-17-11-5-4-10-16(17)18(23-12-6-7-13-23)14-21-19(24)22-15-8-2-1-3-9-15/h1-5,8-11,18H,6-7,12-14H2,(H2,21,22,24). The van der Waals surface area contributed by atoms with Crippen molar-refractivity contribution in [2.75, 3.05) is 25.0 Å². The first-order valence-electron chi connectivity index (χ1n) is 8.32. The Bertz CT molecular complexity index is 671. The summed E-state index contributed by atoms with van der Waals surface area (Å²) in [5, 5.41) is 6.59. The quantitative estimate of drug-likeness (QED) is 0.850. The fourth-order valence-electron chi connectivity index (χ4n) is 3.12. The zero-order chi connectivity index (χ0) is 16.8. The highest BCUT2D eigenvalue weighted by Gasteiger charge is 2.25. The molecule has 1 unspecified atom stereocenters. The maximum atomic E-state index is 12.2. The van der Waals surface area contributed by atoms with E-state index in [2.05, 4.69) is 15.5 Å². The summed E-state index contributed by atoms with van der Waals surface area (Å²) in [5.74, 6) is 0. The molecular formula is C19H22ClN3O. The van der Waals surface area contributed by atoms with Gasteiger partial charge in [-0.15, -0.1) is 0 Å². The Labute approximate surface area is 147 Å². The number of nitrogens with zero attached hydrogens (tertiary/aromatic N) is 1. The molecule has 1 aliphatic rings. The monoisotopic (exact) mass is 343 g/mol. The lowest BCUT2D eigenvalue weighted by Gasteiger charge is -2.29. The SMILES string of the molecule is O=C(NCC(c1ccccc1Cl)N1CCCC1)Nc1ccccc1. The van der Waals surface area contributed by atoms with Crippen molar-refractivity contribution in [3.8, 4) is 0 Å². The largest absolute Gasteiger partial charge is 0.336 e. The highest BCUT2D eigenvalue weighted by Crippen LogP contribution is 2.29. The Kier molecular flexibility index (Phi) is 5.72. The maximum Gasteiger partial charge on any atom is 0.319 e. The van der Waals surface area contributed by atoms with E-state index in [0.29, 0.717) is 6.54 Å². The van der Waals surface area contributed by atoms with Gasteiger partial charge in [0.15, 0.2) is 0 Å². The molecule has 2 aromatic rings. The fraction of sp³-hybridized carbons (Fsp3) is 0.316. The lowest BCUT2D eigenvalue weighted by Crippen LogP contribution is -2.38. The molecule has 2 N–H and O–H groups in total. The number of urea groups is 1. The normalized spacial score (nSPS) is 15.9. The van der Waals surface area contributed by atoms with E-state index >= 15 is 0 Å². The Morgan fingerprint density at radius 1 is 1.04 bits per heavy atom. The number of anilines is 1. The second-order valence-electron chi connectivity index (χ2n) is 5.98. The topological polar surface area (TPSA) is 44.4 Å². The molecule has 1 saturated heterocycles. The van der Waals surface area contributed by atoms with Crippen LogP contribution in [0.15, 0.2) is 54.6 Å². The molecular weight excluding hydrogens is 322 g/mol. The number of nitrogens with one attached hydrogen (secondary N) is 2. The molecule has 1 aliphatic heterocycles. The van der Waals surface area contributed by atoms with Gasteiger partial charge in [-0.05, 0) is 49.7 Å². The van der Waals surface area contributed by atoms with Gasteiger partial charge in [0.1, 0.15) is 0 Å². The summed E-state index contributed by atoms with van der Waals surface area (Å²) in [6.45, 7) is 2.61. The zero-order valence-corrected chi connectivity index (χ0v) is 14.3. The highest BCUT2D eigenvalue weighted by molar-refractivity contribution is 6.31. The van der Waals surface area contributed by atoms with E-state index in [1.165, 1.54) is 12.8 Å². The second kappa shape index (κ2) is 8.18. The van der Waals surface area contributed by atoms with Gasteiger partial charge in [0.05, 0.1) is 6.04 Å². The van der Waals surface area contributed by atoms with Crippen LogP contribution in [0.25, 0.3) is 0 Å². The van der Waals surface area contributed by atoms with Crippen molar-refractivity contribution in [3.63, 3.8) is 0 Å². The third-order valence-electron chi connectivity index (χ3n) is 4.33. The van der Waals surface area contributed by atoms with Crippen LogP contribution in [0.4, 0.5) is 10.5 Å². The first-order chi connectivity index (χ1) is 11.7. The van der Waals surface area contributed by atoms with Gasteiger partial charge in [0.25, 0.3) is 0 Å². The average molecular weight is 344 g/mol. The highest BCUT2D eigenvalue weighted by atomic mass is 35.5. The van der Waals surface area contributed by atoms with Crippen molar-refractivity contribution in [1.82, 2.24) is 10.2 Å². The molecule has 0 saturated carbocycles. The number of rotatable bonds is 5. The van der Waals surface area contributed by atoms with Gasteiger partial charge in [-0.2, -0.15) is 0 Å². The molecule has 0 aromatic heterocycles. The number of likely N-dealkylation sites (tertiary alicyclic amines) is 1. The van der Waals surface area contributed by atoms with Gasteiger partial charge in [-0.1, -0.05) is 48.0 Å². The number of carbonyl (C=O) groups is 1. The van der Waals surface area contributed by atoms with Gasteiger partial charge >= 0.3 is 6.03 Å². The van der Waals surface area contributed by atoms with Gasteiger partial charge in [0.2, 0.25) is 0 Å². The third kappa shape index (κ3) is 4.28. The van der Waals surface area contributed by atoms with E-state index in [4.69, 9.17) is 11.6 Å². The fourth-order valence-corrected chi connectivity index (χ4v) is 3.38. The Morgan fingerprint density at radius 3 is 2.42 bits per heavy atom. The Balaban J connectivity index is 1.66. The predicted molar refractivity (Wildman–Crippen MR) is 98.5 cm³/mol. The van der Waals surface area contributed by atoms with Crippen molar-refractivity contribution in [1.29, 1.82) is 0 Å². The maximum absolute atomic E-state index is 12.2. The van der Waals surface area contributed by atoms with E-state index in [1.54, 1.807) is 0 Å². The van der Waals surface area contributed by atoms with Gasteiger partial charge in [0, 0.05) is 17.3 Å². The smallest absolute Gasteiger partial charge is 0.319 e. The molecule has 0 spiro atoms. The molecule has 3 rings (SSSR count). The molecule has 1 heterocycles. The van der Waals surface area contributed by atoms with E-state index < -0.39 is 0 Å². The van der Waals surface area contributed by atoms with Crippen LogP contribution in [0.2, 0.25) is 5.02 Å². The zero-order valence-electron chi connectivity index (χ0n) is 13.5. The van der Waals surface area contributed by atoms with Crippen LogP contribution in [0.3, 0.4) is 0 Å². The molecule has 24 heavy (non-hydrogen) atoms. The minimum absolute atomic E-state index is 0.0997. The van der Waals surface area contributed by atoms with Crippen LogP contribution in [-0.4, -0.2) is 30.6 Å². The summed E-state index contributed by atoms with van der Waals surface area (Å²) in [4.78, 5) is 14.6. The Morgan fingerprint density at radius 2 is 1.71 bits per heavy atom. The molecule has 2 amide bonds. The Hall–Kier alpha value is -2.04. The molecule has 2 aromatic carbocycles. The number of hydrogen-bond donors (Lipinski definition) is 2. The minimum Gasteiger partial charge on any atom is -0.336 e. The summed E-state index contributed by atoms with van der Waals surface area (Å²) < 4.78 is 0. The second-order valence-corrected chi connectivity index (χ2v) is 6.39. The van der Waals surface area contributed by atoms with E-state index in [0.717, 1.165) is 29.4 Å². The number of amides is 2. The van der Waals surface area contributed by atoms with Crippen LogP contribution in [0, 0.1) is 0 Å². The van der Waals surface area contributed by atoms with Crippen LogP contribution in [-0.2, 0) is 0 Å². The van der Waals surface area contributed by atoms with Crippen molar-refractivity contribution in [3.05, 3.63) is 65.2 Å². The summed E-state index contributed by atoms with van der Waals surface area (Å²) in [7, 11) is 0. The number of benzene rings is 2. The lowest BCUT2D eigenvalue weighted by molar-refractivity contribution is 0.227.